The van der Waals surface area contributed by atoms with Crippen LogP contribution < -0.4 is 30.4 Å². The number of benzene rings is 2. The Morgan fingerprint density at radius 2 is 1.86 bits per heavy atom. The van der Waals surface area contributed by atoms with E-state index in [1.54, 1.807) is 38.5 Å². The maximum Gasteiger partial charge on any atom is 0.238 e. The van der Waals surface area contributed by atoms with E-state index in [2.05, 4.69) is 16.2 Å². The molecule has 0 unspecified atom stereocenters. The molecule has 0 aromatic heterocycles. The summed E-state index contributed by atoms with van der Waals surface area (Å²) >= 11 is 11.1. The van der Waals surface area contributed by atoms with Gasteiger partial charge in [0.15, 0.2) is 5.11 Å². The minimum atomic E-state index is -0.202. The number of rotatable bonds is 8. The van der Waals surface area contributed by atoms with Crippen molar-refractivity contribution in [3.63, 3.8) is 0 Å². The van der Waals surface area contributed by atoms with Gasteiger partial charge < -0.3 is 19.5 Å². The van der Waals surface area contributed by atoms with Crippen molar-refractivity contribution >= 4 is 40.5 Å². The summed E-state index contributed by atoms with van der Waals surface area (Å²) in [7, 11) is 3.12. The number of hydrogen-bond acceptors (Lipinski definition) is 5. The molecule has 0 aliphatic heterocycles. The first-order valence-electron chi connectivity index (χ1n) is 8.89. The van der Waals surface area contributed by atoms with Gasteiger partial charge in [0.05, 0.1) is 26.5 Å². The predicted molar refractivity (Wildman–Crippen MR) is 118 cm³/mol. The molecule has 2 aromatic rings. The second kappa shape index (κ2) is 11.3. The molecule has 0 heterocycles. The lowest BCUT2D eigenvalue weighted by Crippen LogP contribution is -2.43. The van der Waals surface area contributed by atoms with E-state index in [0.29, 0.717) is 35.2 Å². The number of aryl methyl sites for hydroxylation is 1. The molecule has 0 spiro atoms. The number of methoxy groups -OCH3 is 2. The minimum Gasteiger partial charge on any atom is -0.497 e. The van der Waals surface area contributed by atoms with Crippen LogP contribution in [-0.4, -0.2) is 31.8 Å². The van der Waals surface area contributed by atoms with Crippen LogP contribution in [0.5, 0.6) is 17.2 Å². The standard InChI is InChI=1S/C20H24ClN3O4S/c1-13-11-14(21)6-9-17(13)28-10-4-5-19(25)23-24-20(29)22-16-8-7-15(26-2)12-18(16)27-3/h6-9,11-12H,4-5,10H2,1-3H3,(H,23,25)(H2,22,24,29). The van der Waals surface area contributed by atoms with Gasteiger partial charge in [0.2, 0.25) is 5.91 Å². The zero-order chi connectivity index (χ0) is 21.2. The SMILES string of the molecule is COc1ccc(NC(=S)NNC(=O)CCCOc2ccc(Cl)cc2C)c(OC)c1. The first kappa shape index (κ1) is 22.6. The molecule has 0 atom stereocenters. The van der Waals surface area contributed by atoms with Gasteiger partial charge in [-0.1, -0.05) is 11.6 Å². The average Bonchev–Trinajstić information content (AvgIpc) is 2.71. The number of nitrogens with one attached hydrogen (secondary N) is 3. The fraction of sp³-hybridized carbons (Fsp3) is 0.300. The molecular weight excluding hydrogens is 414 g/mol. The lowest BCUT2D eigenvalue weighted by atomic mass is 10.2. The van der Waals surface area contributed by atoms with E-state index < -0.39 is 0 Å². The molecule has 0 radical (unpaired) electrons. The number of carbonyl (C=O) groups excluding carboxylic acids is 1. The molecule has 0 saturated carbocycles. The van der Waals surface area contributed by atoms with Gasteiger partial charge in [-0.25, -0.2) is 0 Å². The summed E-state index contributed by atoms with van der Waals surface area (Å²) in [5.74, 6) is 1.78. The number of ether oxygens (including phenoxy) is 3. The van der Waals surface area contributed by atoms with E-state index in [9.17, 15) is 4.79 Å². The zero-order valence-corrected chi connectivity index (χ0v) is 18.1. The highest BCUT2D eigenvalue weighted by atomic mass is 35.5. The molecule has 1 amide bonds. The van der Waals surface area contributed by atoms with Crippen LogP contribution in [0.3, 0.4) is 0 Å². The third-order valence-corrected chi connectivity index (χ3v) is 4.35. The Hall–Kier alpha value is -2.71. The Morgan fingerprint density at radius 3 is 2.55 bits per heavy atom. The summed E-state index contributed by atoms with van der Waals surface area (Å²) < 4.78 is 16.1. The topological polar surface area (TPSA) is 80.9 Å². The van der Waals surface area contributed by atoms with Crippen LogP contribution in [0.4, 0.5) is 5.69 Å². The Balaban J connectivity index is 1.70. The van der Waals surface area contributed by atoms with Crippen molar-refractivity contribution in [1.29, 1.82) is 0 Å². The van der Waals surface area contributed by atoms with Crippen molar-refractivity contribution in [2.75, 3.05) is 26.1 Å². The highest BCUT2D eigenvalue weighted by Crippen LogP contribution is 2.28. The van der Waals surface area contributed by atoms with Crippen molar-refractivity contribution in [2.45, 2.75) is 19.8 Å². The number of anilines is 1. The van der Waals surface area contributed by atoms with Crippen molar-refractivity contribution in [1.82, 2.24) is 10.9 Å². The fourth-order valence-corrected chi connectivity index (χ4v) is 2.82. The predicted octanol–water partition coefficient (Wildman–Crippen LogP) is 3.84. The van der Waals surface area contributed by atoms with Crippen LogP contribution in [-0.2, 0) is 4.79 Å². The van der Waals surface area contributed by atoms with E-state index in [4.69, 9.17) is 38.0 Å². The molecule has 2 rings (SSSR count). The Kier molecular flexibility index (Phi) is 8.82. The van der Waals surface area contributed by atoms with Gasteiger partial charge in [-0.3, -0.25) is 15.6 Å². The quantitative estimate of drug-likeness (QED) is 0.329. The lowest BCUT2D eigenvalue weighted by Gasteiger charge is -2.15. The smallest absolute Gasteiger partial charge is 0.238 e. The van der Waals surface area contributed by atoms with Crippen LogP contribution in [0.2, 0.25) is 5.02 Å². The number of carbonyl (C=O) groups is 1. The minimum absolute atomic E-state index is 0.202. The third-order valence-electron chi connectivity index (χ3n) is 3.92. The number of hydrazine groups is 1. The summed E-state index contributed by atoms with van der Waals surface area (Å²) in [6.45, 7) is 2.34. The molecule has 0 fully saturated rings. The molecule has 7 nitrogen and oxygen atoms in total. The van der Waals surface area contributed by atoms with E-state index in [0.717, 1.165) is 11.3 Å². The highest BCUT2D eigenvalue weighted by Gasteiger charge is 2.08. The number of halogens is 1. The Bertz CT molecular complexity index is 864. The van der Waals surface area contributed by atoms with Crippen LogP contribution in [0.25, 0.3) is 0 Å². The number of thiocarbonyl (C=S) groups is 1. The Morgan fingerprint density at radius 1 is 1.07 bits per heavy atom. The summed E-state index contributed by atoms with van der Waals surface area (Å²) in [4.78, 5) is 12.0. The fourth-order valence-electron chi connectivity index (χ4n) is 2.43. The van der Waals surface area contributed by atoms with Gasteiger partial charge in [-0.2, -0.15) is 0 Å². The van der Waals surface area contributed by atoms with E-state index >= 15 is 0 Å². The molecule has 2 aromatic carbocycles. The highest BCUT2D eigenvalue weighted by molar-refractivity contribution is 7.80. The molecule has 3 N–H and O–H groups in total. The van der Waals surface area contributed by atoms with Crippen molar-refractivity contribution in [2.24, 2.45) is 0 Å². The second-order valence-corrected chi connectivity index (χ2v) is 6.90. The van der Waals surface area contributed by atoms with Crippen LogP contribution in [0.15, 0.2) is 36.4 Å². The molecule has 0 bridgehead atoms. The number of hydrogen-bond donors (Lipinski definition) is 3. The van der Waals surface area contributed by atoms with Crippen molar-refractivity contribution in [3.8, 4) is 17.2 Å². The Labute approximate surface area is 180 Å². The van der Waals surface area contributed by atoms with E-state index in [-0.39, 0.29) is 17.4 Å². The summed E-state index contributed by atoms with van der Waals surface area (Å²) in [5.41, 5.74) is 6.81. The van der Waals surface area contributed by atoms with Gasteiger partial charge in [0.1, 0.15) is 17.2 Å². The lowest BCUT2D eigenvalue weighted by molar-refractivity contribution is -0.121. The van der Waals surface area contributed by atoms with Gasteiger partial charge in [-0.05, 0) is 61.5 Å². The van der Waals surface area contributed by atoms with E-state index in [1.165, 1.54) is 0 Å². The van der Waals surface area contributed by atoms with E-state index in [1.807, 2.05) is 19.1 Å². The molecule has 0 aliphatic carbocycles. The maximum atomic E-state index is 12.0. The average molecular weight is 438 g/mol. The third kappa shape index (κ3) is 7.32. The second-order valence-electron chi connectivity index (χ2n) is 6.06. The van der Waals surface area contributed by atoms with Crippen molar-refractivity contribution in [3.05, 3.63) is 47.0 Å². The number of amides is 1. The first-order chi connectivity index (χ1) is 13.9. The molecule has 0 saturated heterocycles. The normalized spacial score (nSPS) is 10.1. The van der Waals surface area contributed by atoms with Crippen LogP contribution >= 0.6 is 23.8 Å². The molecule has 9 heteroatoms. The maximum absolute atomic E-state index is 12.0. The summed E-state index contributed by atoms with van der Waals surface area (Å²) in [6.07, 6.45) is 0.843. The van der Waals surface area contributed by atoms with Crippen molar-refractivity contribution < 1.29 is 19.0 Å². The largest absolute Gasteiger partial charge is 0.497 e. The monoisotopic (exact) mass is 437 g/mol. The van der Waals surface area contributed by atoms with Gasteiger partial charge in [-0.15, -0.1) is 0 Å². The van der Waals surface area contributed by atoms with Gasteiger partial charge in [0, 0.05) is 17.5 Å². The zero-order valence-electron chi connectivity index (χ0n) is 16.5. The van der Waals surface area contributed by atoms with Crippen LogP contribution in [0.1, 0.15) is 18.4 Å². The van der Waals surface area contributed by atoms with Gasteiger partial charge in [0.25, 0.3) is 0 Å². The molecule has 0 aliphatic rings. The summed E-state index contributed by atoms with van der Waals surface area (Å²) in [5, 5.41) is 3.85. The van der Waals surface area contributed by atoms with Gasteiger partial charge >= 0.3 is 0 Å². The van der Waals surface area contributed by atoms with Crippen LogP contribution in [0, 0.1) is 6.92 Å². The molecular formula is C20H24ClN3O4S. The summed E-state index contributed by atoms with van der Waals surface area (Å²) in [6, 6.07) is 10.7. The molecule has 156 valence electrons. The molecule has 29 heavy (non-hydrogen) atoms. The first-order valence-corrected chi connectivity index (χ1v) is 9.68.